The van der Waals surface area contributed by atoms with Crippen molar-refractivity contribution in [1.82, 2.24) is 14.9 Å². The Morgan fingerprint density at radius 1 is 1.25 bits per heavy atom. The molecular weight excluding hydrogens is 246 g/mol. The van der Waals surface area contributed by atoms with Gasteiger partial charge < -0.3 is 9.88 Å². The van der Waals surface area contributed by atoms with Crippen LogP contribution < -0.4 is 5.32 Å². The molecule has 0 saturated heterocycles. The van der Waals surface area contributed by atoms with Gasteiger partial charge in [0.25, 0.3) is 0 Å². The second kappa shape index (κ2) is 7.25. The van der Waals surface area contributed by atoms with Crippen LogP contribution in [-0.2, 0) is 6.54 Å². The molecule has 108 valence electrons. The largest absolute Gasteiger partial charge is 0.348 e. The molecule has 0 aliphatic carbocycles. The Morgan fingerprint density at radius 3 is 2.75 bits per heavy atom. The van der Waals surface area contributed by atoms with Crippen molar-refractivity contribution in [2.75, 3.05) is 6.54 Å². The molecule has 1 unspecified atom stereocenters. The number of nitrogens with zero attached hydrogens (tertiary/aromatic N) is 2. The molecule has 0 radical (unpaired) electrons. The number of aromatic nitrogens is 2. The van der Waals surface area contributed by atoms with E-state index < -0.39 is 0 Å². The second-order valence-corrected chi connectivity index (χ2v) is 5.61. The van der Waals surface area contributed by atoms with Crippen LogP contribution in [0.3, 0.4) is 0 Å². The molecule has 0 aliphatic heterocycles. The first kappa shape index (κ1) is 14.8. The van der Waals surface area contributed by atoms with Crippen LogP contribution in [0.15, 0.2) is 42.9 Å². The van der Waals surface area contributed by atoms with Crippen LogP contribution in [0.2, 0.25) is 0 Å². The van der Waals surface area contributed by atoms with Crippen LogP contribution in [0.25, 0.3) is 0 Å². The lowest BCUT2D eigenvalue weighted by molar-refractivity contribution is 0.412. The summed E-state index contributed by atoms with van der Waals surface area (Å²) in [5.74, 6) is 0.590. The maximum atomic E-state index is 4.38. The standard InChI is InChI=1S/C17H25N3/c1-4-9-19-17(14(2)3)15-8-11-20(12-15)13-16-7-5-6-10-18-16/h5-8,10-12,14,17,19H,4,9,13H2,1-3H3. The summed E-state index contributed by atoms with van der Waals surface area (Å²) in [6.07, 6.45) is 7.40. The van der Waals surface area contributed by atoms with Gasteiger partial charge in [0.15, 0.2) is 0 Å². The van der Waals surface area contributed by atoms with Gasteiger partial charge in [-0.1, -0.05) is 26.8 Å². The van der Waals surface area contributed by atoms with Gasteiger partial charge in [-0.05, 0) is 42.6 Å². The van der Waals surface area contributed by atoms with Gasteiger partial charge in [-0.2, -0.15) is 0 Å². The Morgan fingerprint density at radius 2 is 2.10 bits per heavy atom. The van der Waals surface area contributed by atoms with E-state index in [4.69, 9.17) is 0 Å². The highest BCUT2D eigenvalue weighted by Gasteiger charge is 2.15. The van der Waals surface area contributed by atoms with E-state index in [-0.39, 0.29) is 0 Å². The van der Waals surface area contributed by atoms with Crippen LogP contribution >= 0.6 is 0 Å². The monoisotopic (exact) mass is 271 g/mol. The predicted octanol–water partition coefficient (Wildman–Crippen LogP) is 3.63. The molecule has 20 heavy (non-hydrogen) atoms. The number of rotatable bonds is 7. The molecule has 0 spiro atoms. The van der Waals surface area contributed by atoms with E-state index >= 15 is 0 Å². The second-order valence-electron chi connectivity index (χ2n) is 5.61. The van der Waals surface area contributed by atoms with Gasteiger partial charge in [0.1, 0.15) is 0 Å². The molecule has 0 fully saturated rings. The summed E-state index contributed by atoms with van der Waals surface area (Å²) in [5.41, 5.74) is 2.46. The Bertz CT molecular complexity index is 502. The Balaban J connectivity index is 2.06. The summed E-state index contributed by atoms with van der Waals surface area (Å²) >= 11 is 0. The van der Waals surface area contributed by atoms with E-state index in [1.54, 1.807) is 0 Å². The third kappa shape index (κ3) is 3.94. The first-order valence-electron chi connectivity index (χ1n) is 7.49. The third-order valence-corrected chi connectivity index (χ3v) is 3.48. The Labute approximate surface area is 122 Å². The average molecular weight is 271 g/mol. The molecule has 3 nitrogen and oxygen atoms in total. The molecule has 0 bridgehead atoms. The van der Waals surface area contributed by atoms with Crippen molar-refractivity contribution < 1.29 is 0 Å². The van der Waals surface area contributed by atoms with E-state index in [1.807, 2.05) is 18.3 Å². The Kier molecular flexibility index (Phi) is 5.36. The zero-order chi connectivity index (χ0) is 14.4. The molecule has 1 atom stereocenters. The van der Waals surface area contributed by atoms with E-state index in [2.05, 4.69) is 60.2 Å². The molecule has 0 aromatic carbocycles. The molecule has 0 amide bonds. The number of hydrogen-bond acceptors (Lipinski definition) is 2. The Hall–Kier alpha value is -1.61. The first-order chi connectivity index (χ1) is 9.70. The van der Waals surface area contributed by atoms with Crippen LogP contribution in [0, 0.1) is 5.92 Å². The summed E-state index contributed by atoms with van der Waals surface area (Å²) in [4.78, 5) is 4.38. The zero-order valence-corrected chi connectivity index (χ0v) is 12.7. The summed E-state index contributed by atoms with van der Waals surface area (Å²) in [7, 11) is 0. The normalized spacial score (nSPS) is 12.8. The van der Waals surface area contributed by atoms with Gasteiger partial charge in [0, 0.05) is 24.6 Å². The van der Waals surface area contributed by atoms with E-state index in [1.165, 1.54) is 5.56 Å². The molecule has 0 aliphatic rings. The summed E-state index contributed by atoms with van der Waals surface area (Å²) in [5, 5.41) is 3.63. The average Bonchev–Trinajstić information content (AvgIpc) is 2.88. The lowest BCUT2D eigenvalue weighted by Crippen LogP contribution is -2.26. The van der Waals surface area contributed by atoms with Gasteiger partial charge >= 0.3 is 0 Å². The van der Waals surface area contributed by atoms with E-state index in [0.29, 0.717) is 12.0 Å². The van der Waals surface area contributed by atoms with Crippen molar-refractivity contribution in [1.29, 1.82) is 0 Å². The van der Waals surface area contributed by atoms with Gasteiger partial charge in [0.2, 0.25) is 0 Å². The fourth-order valence-corrected chi connectivity index (χ4v) is 2.46. The zero-order valence-electron chi connectivity index (χ0n) is 12.7. The third-order valence-electron chi connectivity index (χ3n) is 3.48. The summed E-state index contributed by atoms with van der Waals surface area (Å²) in [6, 6.07) is 8.70. The molecule has 2 aromatic rings. The lowest BCUT2D eigenvalue weighted by Gasteiger charge is -2.21. The van der Waals surface area contributed by atoms with Crippen LogP contribution in [0.1, 0.15) is 44.5 Å². The SMILES string of the molecule is CCCNC(c1ccn(Cc2ccccn2)c1)C(C)C. The summed E-state index contributed by atoms with van der Waals surface area (Å²) in [6.45, 7) is 8.64. The molecule has 2 rings (SSSR count). The lowest BCUT2D eigenvalue weighted by atomic mass is 9.98. The van der Waals surface area contributed by atoms with E-state index in [0.717, 1.165) is 25.2 Å². The number of hydrogen-bond donors (Lipinski definition) is 1. The fraction of sp³-hybridized carbons (Fsp3) is 0.471. The van der Waals surface area contributed by atoms with Gasteiger partial charge in [-0.3, -0.25) is 4.98 Å². The van der Waals surface area contributed by atoms with Gasteiger partial charge in [0.05, 0.1) is 12.2 Å². The van der Waals surface area contributed by atoms with Crippen molar-refractivity contribution in [2.45, 2.75) is 39.8 Å². The van der Waals surface area contributed by atoms with Crippen LogP contribution in [0.5, 0.6) is 0 Å². The fourth-order valence-electron chi connectivity index (χ4n) is 2.46. The number of nitrogens with one attached hydrogen (secondary N) is 1. The molecule has 0 saturated carbocycles. The molecule has 2 heterocycles. The highest BCUT2D eigenvalue weighted by atomic mass is 15.0. The van der Waals surface area contributed by atoms with Gasteiger partial charge in [-0.15, -0.1) is 0 Å². The molecule has 1 N–H and O–H groups in total. The minimum atomic E-state index is 0.430. The van der Waals surface area contributed by atoms with Crippen molar-refractivity contribution in [2.24, 2.45) is 5.92 Å². The molecule has 2 aromatic heterocycles. The highest BCUT2D eigenvalue weighted by molar-refractivity contribution is 5.17. The minimum Gasteiger partial charge on any atom is -0.348 e. The maximum Gasteiger partial charge on any atom is 0.0642 e. The van der Waals surface area contributed by atoms with Crippen LogP contribution in [-0.4, -0.2) is 16.1 Å². The smallest absolute Gasteiger partial charge is 0.0642 e. The minimum absolute atomic E-state index is 0.430. The molecule has 3 heteroatoms. The van der Waals surface area contributed by atoms with Crippen molar-refractivity contribution >= 4 is 0 Å². The highest BCUT2D eigenvalue weighted by Crippen LogP contribution is 2.22. The quantitative estimate of drug-likeness (QED) is 0.833. The van der Waals surface area contributed by atoms with Gasteiger partial charge in [-0.25, -0.2) is 0 Å². The summed E-state index contributed by atoms with van der Waals surface area (Å²) < 4.78 is 2.21. The van der Waals surface area contributed by atoms with E-state index in [9.17, 15) is 0 Å². The maximum absolute atomic E-state index is 4.38. The van der Waals surface area contributed by atoms with Crippen molar-refractivity contribution in [3.63, 3.8) is 0 Å². The van der Waals surface area contributed by atoms with Crippen molar-refractivity contribution in [3.8, 4) is 0 Å². The number of pyridine rings is 1. The molecular formula is C17H25N3. The first-order valence-corrected chi connectivity index (χ1v) is 7.49. The van der Waals surface area contributed by atoms with Crippen LogP contribution in [0.4, 0.5) is 0 Å². The topological polar surface area (TPSA) is 29.9 Å². The predicted molar refractivity (Wildman–Crippen MR) is 83.6 cm³/mol. The van der Waals surface area contributed by atoms with Crippen molar-refractivity contribution in [3.05, 3.63) is 54.1 Å².